The fraction of sp³-hybridized carbons (Fsp3) is 0.0952. The lowest BCUT2D eigenvalue weighted by atomic mass is 10.2. The first-order chi connectivity index (χ1) is 14.1. The van der Waals surface area contributed by atoms with E-state index < -0.39 is 17.1 Å². The van der Waals surface area contributed by atoms with Gasteiger partial charge < -0.3 is 14.8 Å². The first-order valence-electron chi connectivity index (χ1n) is 8.86. The maximum absolute atomic E-state index is 12.4. The second-order valence-electron chi connectivity index (χ2n) is 6.32. The largest absolute Gasteiger partial charge is 0.472 e. The number of rotatable bonds is 5. The zero-order chi connectivity index (χ0) is 20.2. The molecule has 0 saturated heterocycles. The van der Waals surface area contributed by atoms with E-state index in [4.69, 9.17) is 9.47 Å². The Labute approximate surface area is 165 Å². The quantitative estimate of drug-likeness (QED) is 0.644. The summed E-state index contributed by atoms with van der Waals surface area (Å²) in [5.41, 5.74) is 1.35. The Bertz CT molecular complexity index is 1180. The van der Waals surface area contributed by atoms with Gasteiger partial charge >= 0.3 is 5.97 Å². The van der Waals surface area contributed by atoms with Crippen LogP contribution in [0, 0.1) is 0 Å². The van der Waals surface area contributed by atoms with Gasteiger partial charge in [-0.15, -0.1) is 0 Å². The summed E-state index contributed by atoms with van der Waals surface area (Å²) in [4.78, 5) is 35.8. The molecule has 0 amide bonds. The molecule has 1 aromatic heterocycles. The number of nitrogens with one attached hydrogen (secondary N) is 2. The van der Waals surface area contributed by atoms with Gasteiger partial charge in [-0.05, 0) is 18.2 Å². The molecule has 2 aromatic carbocycles. The molecule has 0 aliphatic carbocycles. The maximum atomic E-state index is 12.4. The van der Waals surface area contributed by atoms with Crippen LogP contribution in [0.15, 0.2) is 88.3 Å². The average Bonchev–Trinajstić information content (AvgIpc) is 3.23. The van der Waals surface area contributed by atoms with Gasteiger partial charge in [-0.3, -0.25) is 14.7 Å². The number of aromatic amines is 1. The highest BCUT2D eigenvalue weighted by molar-refractivity contribution is 5.90. The standard InChI is InChI=1S/C21H17N3O5/c25-18-9-10-19(26)24(23-18)17-8-4-7-15(11-17)21(27)29-13-16-12-28-20(22-16)14-5-2-1-3-6-14/h1-12,20,22H,13H2,(H,23,25). The molecule has 0 bridgehead atoms. The van der Waals surface area contributed by atoms with Crippen LogP contribution in [0.2, 0.25) is 0 Å². The van der Waals surface area contributed by atoms with Crippen molar-refractivity contribution >= 4 is 5.97 Å². The lowest BCUT2D eigenvalue weighted by Crippen LogP contribution is -2.26. The summed E-state index contributed by atoms with van der Waals surface area (Å²) in [6, 6.07) is 18.2. The summed E-state index contributed by atoms with van der Waals surface area (Å²) in [5, 5.41) is 5.56. The van der Waals surface area contributed by atoms with Crippen molar-refractivity contribution in [3.63, 3.8) is 0 Å². The van der Waals surface area contributed by atoms with Crippen LogP contribution in [0.4, 0.5) is 0 Å². The van der Waals surface area contributed by atoms with Gasteiger partial charge in [0.2, 0.25) is 0 Å². The molecular formula is C21H17N3O5. The van der Waals surface area contributed by atoms with Crippen LogP contribution >= 0.6 is 0 Å². The minimum atomic E-state index is -0.566. The van der Waals surface area contributed by atoms with E-state index in [0.29, 0.717) is 11.4 Å². The number of hydrogen-bond acceptors (Lipinski definition) is 6. The van der Waals surface area contributed by atoms with E-state index in [0.717, 1.165) is 22.4 Å². The molecule has 0 saturated carbocycles. The van der Waals surface area contributed by atoms with Gasteiger partial charge in [-0.1, -0.05) is 36.4 Å². The van der Waals surface area contributed by atoms with Gasteiger partial charge in [0, 0.05) is 17.7 Å². The molecule has 1 atom stereocenters. The van der Waals surface area contributed by atoms with E-state index in [-0.39, 0.29) is 18.4 Å². The van der Waals surface area contributed by atoms with Crippen molar-refractivity contribution in [3.05, 3.63) is 111 Å². The van der Waals surface area contributed by atoms with E-state index in [1.165, 1.54) is 12.3 Å². The Morgan fingerprint density at radius 3 is 2.69 bits per heavy atom. The van der Waals surface area contributed by atoms with Crippen LogP contribution in [0.25, 0.3) is 5.69 Å². The third-order valence-electron chi connectivity index (χ3n) is 4.28. The SMILES string of the molecule is O=C(OCC1=COC(c2ccccc2)N1)c1cccc(-n2[nH]c(=O)ccc2=O)c1. The van der Waals surface area contributed by atoms with Gasteiger partial charge in [-0.2, -0.15) is 0 Å². The lowest BCUT2D eigenvalue weighted by molar-refractivity contribution is 0.0534. The summed E-state index contributed by atoms with van der Waals surface area (Å²) < 4.78 is 12.0. The second-order valence-corrected chi connectivity index (χ2v) is 6.32. The van der Waals surface area contributed by atoms with Gasteiger partial charge in [0.05, 0.1) is 16.9 Å². The zero-order valence-electron chi connectivity index (χ0n) is 15.2. The molecule has 29 heavy (non-hydrogen) atoms. The first-order valence-corrected chi connectivity index (χ1v) is 8.86. The number of carbonyl (C=O) groups excluding carboxylic acids is 1. The topological polar surface area (TPSA) is 102 Å². The number of ether oxygens (including phenoxy) is 2. The molecule has 1 aliphatic heterocycles. The van der Waals surface area contributed by atoms with Gasteiger partial charge in [0.15, 0.2) is 6.23 Å². The second kappa shape index (κ2) is 7.89. The van der Waals surface area contributed by atoms with Crippen LogP contribution in [0.5, 0.6) is 0 Å². The minimum absolute atomic E-state index is 0.00845. The zero-order valence-corrected chi connectivity index (χ0v) is 15.2. The highest BCUT2D eigenvalue weighted by Crippen LogP contribution is 2.21. The molecule has 3 aromatic rings. The molecule has 4 rings (SSSR count). The van der Waals surface area contributed by atoms with Crippen molar-refractivity contribution in [1.29, 1.82) is 0 Å². The third kappa shape index (κ3) is 4.11. The molecule has 0 radical (unpaired) electrons. The molecule has 0 fully saturated rings. The van der Waals surface area contributed by atoms with Gasteiger partial charge in [0.25, 0.3) is 11.1 Å². The summed E-state index contributed by atoms with van der Waals surface area (Å²) in [7, 11) is 0. The van der Waals surface area contributed by atoms with Crippen molar-refractivity contribution in [2.24, 2.45) is 0 Å². The molecule has 146 valence electrons. The summed E-state index contributed by atoms with van der Waals surface area (Å²) in [6.07, 6.45) is 1.20. The fourth-order valence-electron chi connectivity index (χ4n) is 2.87. The van der Waals surface area contributed by atoms with E-state index in [1.807, 2.05) is 30.3 Å². The van der Waals surface area contributed by atoms with Crippen molar-refractivity contribution in [3.8, 4) is 5.69 Å². The summed E-state index contributed by atoms with van der Waals surface area (Å²) in [6.45, 7) is 0.00845. The number of H-pyrrole nitrogens is 1. The average molecular weight is 391 g/mol. The molecule has 8 heteroatoms. The van der Waals surface area contributed by atoms with E-state index in [9.17, 15) is 14.4 Å². The van der Waals surface area contributed by atoms with Gasteiger partial charge in [0.1, 0.15) is 12.9 Å². The van der Waals surface area contributed by atoms with Crippen LogP contribution in [-0.4, -0.2) is 22.4 Å². The number of carbonyl (C=O) groups is 1. The summed E-state index contributed by atoms with van der Waals surface area (Å²) in [5.74, 6) is -0.566. The van der Waals surface area contributed by atoms with Crippen LogP contribution in [0.3, 0.4) is 0 Å². The highest BCUT2D eigenvalue weighted by Gasteiger charge is 2.20. The first kappa shape index (κ1) is 18.3. The number of aromatic nitrogens is 2. The van der Waals surface area contributed by atoms with Crippen molar-refractivity contribution in [2.45, 2.75) is 6.23 Å². The predicted molar refractivity (Wildman–Crippen MR) is 104 cm³/mol. The molecule has 2 heterocycles. The maximum Gasteiger partial charge on any atom is 0.338 e. The lowest BCUT2D eigenvalue weighted by Gasteiger charge is -2.13. The predicted octanol–water partition coefficient (Wildman–Crippen LogP) is 1.84. The molecule has 1 unspecified atom stereocenters. The van der Waals surface area contributed by atoms with Crippen LogP contribution in [-0.2, 0) is 9.47 Å². The smallest absolute Gasteiger partial charge is 0.338 e. The number of nitrogens with zero attached hydrogens (tertiary/aromatic N) is 1. The minimum Gasteiger partial charge on any atom is -0.472 e. The number of esters is 1. The van der Waals surface area contributed by atoms with Gasteiger partial charge in [-0.25, -0.2) is 9.48 Å². The Morgan fingerprint density at radius 1 is 1.03 bits per heavy atom. The molecule has 2 N–H and O–H groups in total. The number of hydrogen-bond donors (Lipinski definition) is 2. The molecule has 1 aliphatic rings. The Balaban J connectivity index is 1.41. The Morgan fingerprint density at radius 2 is 1.86 bits per heavy atom. The molecule has 8 nitrogen and oxygen atoms in total. The third-order valence-corrected chi connectivity index (χ3v) is 4.28. The molecule has 0 spiro atoms. The van der Waals surface area contributed by atoms with E-state index in [1.54, 1.807) is 18.2 Å². The Kier molecular flexibility index (Phi) is 4.98. The normalized spacial score (nSPS) is 15.2. The highest BCUT2D eigenvalue weighted by atomic mass is 16.5. The Hall–Kier alpha value is -4.07. The van der Waals surface area contributed by atoms with Crippen molar-refractivity contribution in [1.82, 2.24) is 15.1 Å². The van der Waals surface area contributed by atoms with Crippen molar-refractivity contribution < 1.29 is 14.3 Å². The van der Waals surface area contributed by atoms with E-state index in [2.05, 4.69) is 10.4 Å². The fourth-order valence-corrected chi connectivity index (χ4v) is 2.87. The monoisotopic (exact) mass is 391 g/mol. The molecular weight excluding hydrogens is 374 g/mol. The van der Waals surface area contributed by atoms with Crippen LogP contribution in [0.1, 0.15) is 22.1 Å². The van der Waals surface area contributed by atoms with Crippen molar-refractivity contribution in [2.75, 3.05) is 6.61 Å². The van der Waals surface area contributed by atoms with Crippen LogP contribution < -0.4 is 16.4 Å². The summed E-state index contributed by atoms with van der Waals surface area (Å²) >= 11 is 0. The number of benzene rings is 2. The van der Waals surface area contributed by atoms with E-state index >= 15 is 0 Å².